The number of methoxy groups -OCH3 is 1. The Bertz CT molecular complexity index is 769. The molecule has 1 aliphatic carbocycles. The molecule has 22 heavy (non-hydrogen) atoms. The zero-order valence-electron chi connectivity index (χ0n) is 13.3. The molecule has 0 amide bonds. The van der Waals surface area contributed by atoms with Gasteiger partial charge in [-0.05, 0) is 55.0 Å². The largest absolute Gasteiger partial charge is 0.496 e. The maximum Gasteiger partial charge on any atom is 0.146 e. The zero-order valence-corrected chi connectivity index (χ0v) is 13.3. The van der Waals surface area contributed by atoms with Crippen LogP contribution in [0.1, 0.15) is 34.2 Å². The van der Waals surface area contributed by atoms with Gasteiger partial charge in [-0.1, -0.05) is 35.9 Å². The number of hydrogen-bond acceptors (Lipinski definition) is 2. The lowest BCUT2D eigenvalue weighted by Gasteiger charge is -2.24. The van der Waals surface area contributed by atoms with Crippen LogP contribution in [0, 0.1) is 13.8 Å². The van der Waals surface area contributed by atoms with Crippen molar-refractivity contribution in [2.45, 2.75) is 26.7 Å². The summed E-state index contributed by atoms with van der Waals surface area (Å²) in [6.07, 6.45) is 2.71. The van der Waals surface area contributed by atoms with Crippen LogP contribution in [0.2, 0.25) is 0 Å². The molecule has 0 spiro atoms. The molecule has 0 bridgehead atoms. The van der Waals surface area contributed by atoms with Gasteiger partial charge in [-0.15, -0.1) is 0 Å². The number of allylic oxidation sites excluding steroid dienone is 1. The number of carbonyl (C=O) groups excluding carboxylic acids is 1. The molecule has 0 unspecified atom stereocenters. The molecular weight excluding hydrogens is 272 g/mol. The lowest BCUT2D eigenvalue weighted by molar-refractivity contribution is -0.105. The Hall–Kier alpha value is -2.35. The Kier molecular flexibility index (Phi) is 3.84. The Balaban J connectivity index is 2.33. The summed E-state index contributed by atoms with van der Waals surface area (Å²) >= 11 is 0. The minimum absolute atomic E-state index is 0.785. The van der Waals surface area contributed by atoms with Gasteiger partial charge in [0.15, 0.2) is 0 Å². The van der Waals surface area contributed by atoms with Gasteiger partial charge < -0.3 is 4.74 Å². The molecule has 0 N–H and O–H groups in total. The second kappa shape index (κ2) is 5.80. The predicted octanol–water partition coefficient (Wildman–Crippen LogP) is 4.26. The first-order chi connectivity index (χ1) is 10.7. The van der Waals surface area contributed by atoms with Crippen LogP contribution in [0.25, 0.3) is 5.57 Å². The van der Waals surface area contributed by atoms with Crippen LogP contribution in [0.5, 0.6) is 5.75 Å². The summed E-state index contributed by atoms with van der Waals surface area (Å²) < 4.78 is 5.52. The summed E-state index contributed by atoms with van der Waals surface area (Å²) in [5.74, 6) is 0.809. The molecule has 0 fully saturated rings. The van der Waals surface area contributed by atoms with E-state index in [9.17, 15) is 4.79 Å². The number of aldehydes is 1. The smallest absolute Gasteiger partial charge is 0.146 e. The van der Waals surface area contributed by atoms with Gasteiger partial charge in [-0.3, -0.25) is 4.79 Å². The van der Waals surface area contributed by atoms with E-state index in [0.717, 1.165) is 41.6 Å². The van der Waals surface area contributed by atoms with Crippen molar-refractivity contribution in [3.63, 3.8) is 0 Å². The van der Waals surface area contributed by atoms with Crippen LogP contribution in [0.3, 0.4) is 0 Å². The number of hydrogen-bond donors (Lipinski definition) is 0. The van der Waals surface area contributed by atoms with Gasteiger partial charge >= 0.3 is 0 Å². The first-order valence-corrected chi connectivity index (χ1v) is 7.58. The van der Waals surface area contributed by atoms with Crippen molar-refractivity contribution < 1.29 is 9.53 Å². The molecule has 0 atom stereocenters. The number of ether oxygens (including phenoxy) is 1. The monoisotopic (exact) mass is 292 g/mol. The fourth-order valence-corrected chi connectivity index (χ4v) is 3.40. The fraction of sp³-hybridized carbons (Fsp3) is 0.250. The van der Waals surface area contributed by atoms with Gasteiger partial charge in [0, 0.05) is 11.1 Å². The molecule has 0 radical (unpaired) electrons. The zero-order chi connectivity index (χ0) is 15.7. The molecule has 2 aromatic rings. The second-order valence-electron chi connectivity index (χ2n) is 5.83. The Morgan fingerprint density at radius 3 is 2.55 bits per heavy atom. The molecule has 2 heteroatoms. The number of benzene rings is 2. The third-order valence-corrected chi connectivity index (χ3v) is 4.37. The van der Waals surface area contributed by atoms with Gasteiger partial charge in [0.25, 0.3) is 0 Å². The number of para-hydroxylation sites is 1. The first-order valence-electron chi connectivity index (χ1n) is 7.58. The normalized spacial score (nSPS) is 13.8. The van der Waals surface area contributed by atoms with E-state index >= 15 is 0 Å². The highest BCUT2D eigenvalue weighted by Crippen LogP contribution is 2.40. The highest BCUT2D eigenvalue weighted by molar-refractivity contribution is 5.98. The van der Waals surface area contributed by atoms with E-state index in [1.54, 1.807) is 7.11 Å². The molecule has 3 rings (SSSR count). The summed E-state index contributed by atoms with van der Waals surface area (Å²) in [4.78, 5) is 11.6. The van der Waals surface area contributed by atoms with Crippen LogP contribution >= 0.6 is 0 Å². The van der Waals surface area contributed by atoms with Gasteiger partial charge in [-0.25, -0.2) is 0 Å². The van der Waals surface area contributed by atoms with E-state index in [0.29, 0.717) is 0 Å². The van der Waals surface area contributed by atoms with Crippen molar-refractivity contribution in [3.05, 3.63) is 69.8 Å². The van der Waals surface area contributed by atoms with Crippen molar-refractivity contribution in [1.29, 1.82) is 0 Å². The van der Waals surface area contributed by atoms with E-state index in [1.165, 1.54) is 22.3 Å². The first kappa shape index (κ1) is 14.6. The van der Waals surface area contributed by atoms with E-state index < -0.39 is 0 Å². The van der Waals surface area contributed by atoms with Crippen LogP contribution in [-0.2, 0) is 11.2 Å². The number of rotatable bonds is 3. The summed E-state index contributed by atoms with van der Waals surface area (Å²) in [6.45, 7) is 4.25. The van der Waals surface area contributed by atoms with Gasteiger partial charge in [0.05, 0.1) is 7.11 Å². The predicted molar refractivity (Wildman–Crippen MR) is 89.3 cm³/mol. The number of carbonyl (C=O) groups is 1. The lowest BCUT2D eigenvalue weighted by atomic mass is 9.80. The van der Waals surface area contributed by atoms with Crippen LogP contribution in [-0.4, -0.2) is 13.4 Å². The molecule has 0 aromatic heterocycles. The lowest BCUT2D eigenvalue weighted by Crippen LogP contribution is -2.10. The molecule has 0 saturated carbocycles. The van der Waals surface area contributed by atoms with Crippen molar-refractivity contribution in [2.24, 2.45) is 0 Å². The highest BCUT2D eigenvalue weighted by Gasteiger charge is 2.23. The standard InChI is InChI=1S/C20H20O2/c1-13-10-14(2)16-9-8-15(12-21)20(18(16)11-13)17-6-4-5-7-19(17)22-3/h4-7,10-12H,8-9H2,1-3H3. The Morgan fingerprint density at radius 2 is 1.82 bits per heavy atom. The average Bonchev–Trinajstić information content (AvgIpc) is 2.53. The van der Waals surface area contributed by atoms with E-state index in [-0.39, 0.29) is 0 Å². The third kappa shape index (κ3) is 2.35. The average molecular weight is 292 g/mol. The van der Waals surface area contributed by atoms with E-state index in [2.05, 4.69) is 26.0 Å². The summed E-state index contributed by atoms with van der Waals surface area (Å²) in [6, 6.07) is 12.3. The number of aryl methyl sites for hydroxylation is 2. The maximum absolute atomic E-state index is 11.6. The van der Waals surface area contributed by atoms with Gasteiger partial charge in [-0.2, -0.15) is 0 Å². The van der Waals surface area contributed by atoms with Crippen molar-refractivity contribution in [1.82, 2.24) is 0 Å². The molecule has 112 valence electrons. The molecule has 0 aliphatic heterocycles. The number of fused-ring (bicyclic) bond motifs is 1. The Morgan fingerprint density at radius 1 is 1.05 bits per heavy atom. The summed E-state index contributed by atoms with van der Waals surface area (Å²) in [5, 5.41) is 0. The Labute approximate surface area is 131 Å². The second-order valence-corrected chi connectivity index (χ2v) is 5.83. The van der Waals surface area contributed by atoms with Crippen molar-refractivity contribution in [2.75, 3.05) is 7.11 Å². The SMILES string of the molecule is COc1ccccc1C1=C(C=O)CCc2c(C)cc(C)cc21. The molecular formula is C20H20O2. The van der Waals surface area contributed by atoms with Gasteiger partial charge in [0.2, 0.25) is 0 Å². The molecule has 2 aromatic carbocycles. The minimum atomic E-state index is 0.785. The highest BCUT2D eigenvalue weighted by atomic mass is 16.5. The van der Waals surface area contributed by atoms with Crippen molar-refractivity contribution in [3.8, 4) is 5.75 Å². The third-order valence-electron chi connectivity index (χ3n) is 4.37. The van der Waals surface area contributed by atoms with Crippen LogP contribution < -0.4 is 4.74 Å². The quantitative estimate of drug-likeness (QED) is 0.790. The molecule has 0 heterocycles. The van der Waals surface area contributed by atoms with Crippen LogP contribution in [0.4, 0.5) is 0 Å². The van der Waals surface area contributed by atoms with E-state index in [4.69, 9.17) is 4.74 Å². The van der Waals surface area contributed by atoms with Gasteiger partial charge in [0.1, 0.15) is 12.0 Å². The van der Waals surface area contributed by atoms with E-state index in [1.807, 2.05) is 24.3 Å². The topological polar surface area (TPSA) is 26.3 Å². The molecule has 2 nitrogen and oxygen atoms in total. The minimum Gasteiger partial charge on any atom is -0.496 e. The van der Waals surface area contributed by atoms with Crippen molar-refractivity contribution >= 4 is 11.9 Å². The molecule has 1 aliphatic rings. The van der Waals surface area contributed by atoms with Crippen LogP contribution in [0.15, 0.2) is 42.0 Å². The maximum atomic E-state index is 11.6. The summed E-state index contributed by atoms with van der Waals surface area (Å²) in [5.41, 5.74) is 7.93. The molecule has 0 saturated heterocycles. The summed E-state index contributed by atoms with van der Waals surface area (Å²) in [7, 11) is 1.67. The fourth-order valence-electron chi connectivity index (χ4n) is 3.40.